The van der Waals surface area contributed by atoms with Crippen molar-refractivity contribution in [2.75, 3.05) is 12.4 Å². The fraction of sp³-hybridized carbons (Fsp3) is 0.154. The zero-order valence-corrected chi connectivity index (χ0v) is 12.4. The van der Waals surface area contributed by atoms with Crippen LogP contribution in [0.1, 0.15) is 16.3 Å². The first-order valence-corrected chi connectivity index (χ1v) is 6.64. The molecule has 0 radical (unpaired) electrons. The van der Waals surface area contributed by atoms with Crippen molar-refractivity contribution < 1.29 is 13.9 Å². The van der Waals surface area contributed by atoms with E-state index in [1.165, 1.54) is 7.11 Å². The molecule has 0 aliphatic heterocycles. The van der Waals surface area contributed by atoms with Gasteiger partial charge in [-0.2, -0.15) is 0 Å². The summed E-state index contributed by atoms with van der Waals surface area (Å²) in [5, 5.41) is 3.79. The van der Waals surface area contributed by atoms with Crippen LogP contribution in [0.3, 0.4) is 0 Å². The van der Waals surface area contributed by atoms with Crippen LogP contribution in [0.25, 0.3) is 0 Å². The Morgan fingerprint density at radius 3 is 2.95 bits per heavy atom. The van der Waals surface area contributed by atoms with Crippen molar-refractivity contribution in [1.82, 2.24) is 0 Å². The van der Waals surface area contributed by atoms with Crippen LogP contribution in [0.2, 0.25) is 5.02 Å². The van der Waals surface area contributed by atoms with Gasteiger partial charge in [0.2, 0.25) is 5.76 Å². The maximum Gasteiger partial charge on any atom is 0.373 e. The van der Waals surface area contributed by atoms with E-state index in [-0.39, 0.29) is 5.76 Å². The third-order valence-corrected chi connectivity index (χ3v) is 3.85. The average molecular weight is 345 g/mol. The van der Waals surface area contributed by atoms with Gasteiger partial charge in [-0.3, -0.25) is 0 Å². The molecule has 0 fully saturated rings. The summed E-state index contributed by atoms with van der Waals surface area (Å²) >= 11 is 9.38. The molecule has 0 aliphatic carbocycles. The number of furan rings is 1. The van der Waals surface area contributed by atoms with Crippen LogP contribution in [-0.2, 0) is 11.3 Å². The molecule has 0 unspecified atom stereocenters. The van der Waals surface area contributed by atoms with E-state index < -0.39 is 5.97 Å². The molecule has 19 heavy (non-hydrogen) atoms. The highest BCUT2D eigenvalue weighted by Crippen LogP contribution is 2.30. The molecule has 0 atom stereocenters. The lowest BCUT2D eigenvalue weighted by atomic mass is 10.3. The van der Waals surface area contributed by atoms with Gasteiger partial charge in [-0.25, -0.2) is 4.79 Å². The third kappa shape index (κ3) is 3.30. The van der Waals surface area contributed by atoms with E-state index in [4.69, 9.17) is 16.0 Å². The molecule has 1 aromatic carbocycles. The van der Waals surface area contributed by atoms with Gasteiger partial charge in [0, 0.05) is 0 Å². The Hall–Kier alpha value is -1.46. The average Bonchev–Trinajstić information content (AvgIpc) is 2.88. The van der Waals surface area contributed by atoms with Gasteiger partial charge in [-0.05, 0) is 40.2 Å². The van der Waals surface area contributed by atoms with E-state index in [0.717, 1.165) is 10.2 Å². The van der Waals surface area contributed by atoms with Gasteiger partial charge in [0.1, 0.15) is 5.76 Å². The van der Waals surface area contributed by atoms with E-state index in [9.17, 15) is 4.79 Å². The first-order valence-electron chi connectivity index (χ1n) is 5.46. The zero-order valence-electron chi connectivity index (χ0n) is 10.1. The number of carbonyl (C=O) groups excluding carboxylic acids is 1. The summed E-state index contributed by atoms with van der Waals surface area (Å²) in [6.07, 6.45) is 0. The first-order chi connectivity index (χ1) is 9.11. The SMILES string of the molecule is COC(=O)c1ccc(CNc2cccc(Cl)c2Br)o1. The molecule has 0 spiro atoms. The summed E-state index contributed by atoms with van der Waals surface area (Å²) in [5.74, 6) is 0.326. The van der Waals surface area contributed by atoms with Crippen molar-refractivity contribution in [1.29, 1.82) is 0 Å². The molecule has 0 saturated heterocycles. The normalized spacial score (nSPS) is 10.3. The minimum absolute atomic E-state index is 0.185. The number of hydrogen-bond donors (Lipinski definition) is 1. The van der Waals surface area contributed by atoms with Crippen LogP contribution in [0.15, 0.2) is 39.2 Å². The number of carbonyl (C=O) groups is 1. The smallest absolute Gasteiger partial charge is 0.373 e. The van der Waals surface area contributed by atoms with E-state index in [1.54, 1.807) is 18.2 Å². The predicted octanol–water partition coefficient (Wildman–Crippen LogP) is 4.09. The number of rotatable bonds is 4. The number of anilines is 1. The number of halogens is 2. The highest BCUT2D eigenvalue weighted by Gasteiger charge is 2.11. The van der Waals surface area contributed by atoms with E-state index in [1.807, 2.05) is 12.1 Å². The maximum atomic E-state index is 11.2. The summed E-state index contributed by atoms with van der Waals surface area (Å²) in [6, 6.07) is 8.82. The van der Waals surface area contributed by atoms with Gasteiger partial charge in [0.15, 0.2) is 0 Å². The molecule has 1 N–H and O–H groups in total. The molecule has 1 heterocycles. The summed E-state index contributed by atoms with van der Waals surface area (Å²) in [4.78, 5) is 11.2. The van der Waals surface area contributed by atoms with Crippen LogP contribution >= 0.6 is 27.5 Å². The second kappa shape index (κ2) is 6.12. The largest absolute Gasteiger partial charge is 0.463 e. The van der Waals surface area contributed by atoms with Gasteiger partial charge in [-0.15, -0.1) is 0 Å². The Morgan fingerprint density at radius 2 is 2.21 bits per heavy atom. The molecule has 100 valence electrons. The highest BCUT2D eigenvalue weighted by molar-refractivity contribution is 9.10. The van der Waals surface area contributed by atoms with Crippen molar-refractivity contribution >= 4 is 39.2 Å². The van der Waals surface area contributed by atoms with E-state index in [2.05, 4.69) is 26.0 Å². The monoisotopic (exact) mass is 343 g/mol. The molecule has 6 heteroatoms. The minimum atomic E-state index is -0.491. The van der Waals surface area contributed by atoms with Gasteiger partial charge in [0.25, 0.3) is 0 Å². The number of nitrogens with one attached hydrogen (secondary N) is 1. The topological polar surface area (TPSA) is 51.5 Å². The highest BCUT2D eigenvalue weighted by atomic mass is 79.9. The predicted molar refractivity (Wildman–Crippen MR) is 76.5 cm³/mol. The van der Waals surface area contributed by atoms with Crippen LogP contribution in [-0.4, -0.2) is 13.1 Å². The molecule has 0 bridgehead atoms. The van der Waals surface area contributed by atoms with Crippen molar-refractivity contribution in [3.05, 3.63) is 51.3 Å². The van der Waals surface area contributed by atoms with Crippen LogP contribution in [0.5, 0.6) is 0 Å². The molecule has 2 aromatic rings. The summed E-state index contributed by atoms with van der Waals surface area (Å²) in [6.45, 7) is 0.440. The van der Waals surface area contributed by atoms with Crippen molar-refractivity contribution in [2.45, 2.75) is 6.54 Å². The molecule has 2 rings (SSSR count). The number of ether oxygens (including phenoxy) is 1. The van der Waals surface area contributed by atoms with Gasteiger partial charge in [0.05, 0.1) is 28.8 Å². The molecular formula is C13H11BrClNO3. The Balaban J connectivity index is 2.04. The van der Waals surface area contributed by atoms with Gasteiger partial charge < -0.3 is 14.5 Å². The lowest BCUT2D eigenvalue weighted by Gasteiger charge is -2.07. The summed E-state index contributed by atoms with van der Waals surface area (Å²) < 4.78 is 10.7. The summed E-state index contributed by atoms with van der Waals surface area (Å²) in [7, 11) is 1.31. The number of benzene rings is 1. The minimum Gasteiger partial charge on any atom is -0.463 e. The Morgan fingerprint density at radius 1 is 1.42 bits per heavy atom. The standard InChI is InChI=1S/C13H11BrClNO3/c1-18-13(17)11-6-5-8(19-11)7-16-10-4-2-3-9(15)12(10)14/h2-6,16H,7H2,1H3. The lowest BCUT2D eigenvalue weighted by Crippen LogP contribution is -2.00. The Labute approximate surface area is 123 Å². The third-order valence-electron chi connectivity index (χ3n) is 2.45. The molecule has 0 aliphatic rings. The van der Waals surface area contributed by atoms with Crippen molar-refractivity contribution in [2.24, 2.45) is 0 Å². The number of esters is 1. The first kappa shape index (κ1) is 14.0. The molecular weight excluding hydrogens is 334 g/mol. The maximum absolute atomic E-state index is 11.2. The molecule has 1 aromatic heterocycles. The zero-order chi connectivity index (χ0) is 13.8. The van der Waals surface area contributed by atoms with Crippen LogP contribution in [0, 0.1) is 0 Å². The fourth-order valence-electron chi connectivity index (χ4n) is 1.51. The fourth-order valence-corrected chi connectivity index (χ4v) is 2.08. The van der Waals surface area contributed by atoms with Crippen molar-refractivity contribution in [3.8, 4) is 0 Å². The Kier molecular flexibility index (Phi) is 4.50. The lowest BCUT2D eigenvalue weighted by molar-refractivity contribution is 0.0563. The second-order valence-corrected chi connectivity index (χ2v) is 4.91. The van der Waals surface area contributed by atoms with E-state index in [0.29, 0.717) is 17.3 Å². The second-order valence-electron chi connectivity index (χ2n) is 3.71. The number of hydrogen-bond acceptors (Lipinski definition) is 4. The Bertz CT molecular complexity index is 597. The number of methoxy groups -OCH3 is 1. The molecule has 4 nitrogen and oxygen atoms in total. The summed E-state index contributed by atoms with van der Waals surface area (Å²) in [5.41, 5.74) is 0.850. The quantitative estimate of drug-likeness (QED) is 0.849. The van der Waals surface area contributed by atoms with Crippen LogP contribution < -0.4 is 5.32 Å². The molecule has 0 amide bonds. The van der Waals surface area contributed by atoms with Crippen molar-refractivity contribution in [3.63, 3.8) is 0 Å². The van der Waals surface area contributed by atoms with E-state index >= 15 is 0 Å². The van der Waals surface area contributed by atoms with Gasteiger partial charge >= 0.3 is 5.97 Å². The van der Waals surface area contributed by atoms with Gasteiger partial charge in [-0.1, -0.05) is 17.7 Å². The molecule has 0 saturated carbocycles. The van der Waals surface area contributed by atoms with Crippen LogP contribution in [0.4, 0.5) is 5.69 Å².